The molecule has 1 aliphatic carbocycles. The Labute approximate surface area is 103 Å². The molecule has 0 spiro atoms. The Hall–Kier alpha value is -2.20. The van der Waals surface area contributed by atoms with Crippen molar-refractivity contribution in [3.05, 3.63) is 27.9 Å². The molecule has 1 aromatic rings. The van der Waals surface area contributed by atoms with E-state index < -0.39 is 4.92 Å². The highest BCUT2D eigenvalue weighted by Gasteiger charge is 2.30. The van der Waals surface area contributed by atoms with Crippen LogP contribution < -0.4 is 10.5 Å². The Bertz CT molecular complexity index is 506. The third kappa shape index (κ3) is 2.38. The second kappa shape index (κ2) is 4.98. The van der Waals surface area contributed by atoms with Gasteiger partial charge in [-0.15, -0.1) is 0 Å². The van der Waals surface area contributed by atoms with Gasteiger partial charge in [0.05, 0.1) is 4.92 Å². The number of nitriles is 1. The van der Waals surface area contributed by atoms with E-state index in [-0.39, 0.29) is 23.2 Å². The molecule has 0 amide bonds. The molecule has 0 aromatic carbocycles. The summed E-state index contributed by atoms with van der Waals surface area (Å²) in [5, 5.41) is 19.5. The zero-order valence-corrected chi connectivity index (χ0v) is 9.57. The van der Waals surface area contributed by atoms with Crippen LogP contribution in [0.15, 0.2) is 12.3 Å². The van der Waals surface area contributed by atoms with Crippen LogP contribution >= 0.6 is 0 Å². The van der Waals surface area contributed by atoms with Crippen molar-refractivity contribution < 1.29 is 9.66 Å². The van der Waals surface area contributed by atoms with E-state index in [9.17, 15) is 10.1 Å². The predicted octanol–water partition coefficient (Wildman–Crippen LogP) is 0.978. The maximum atomic E-state index is 10.6. The second-order valence-corrected chi connectivity index (χ2v) is 4.23. The third-order valence-corrected chi connectivity index (χ3v) is 2.97. The van der Waals surface area contributed by atoms with Crippen LogP contribution in [-0.4, -0.2) is 22.6 Å². The van der Waals surface area contributed by atoms with Crippen molar-refractivity contribution in [2.24, 2.45) is 11.7 Å². The maximum absolute atomic E-state index is 10.6. The Morgan fingerprint density at radius 3 is 2.94 bits per heavy atom. The third-order valence-electron chi connectivity index (χ3n) is 2.97. The molecular weight excluding hydrogens is 236 g/mol. The monoisotopic (exact) mass is 248 g/mol. The lowest BCUT2D eigenvalue weighted by atomic mass is 9.82. The number of nitrogens with two attached hydrogens (primary N) is 1. The topological polar surface area (TPSA) is 115 Å². The molecule has 1 aliphatic rings. The molecule has 0 atom stereocenters. The Kier molecular flexibility index (Phi) is 3.39. The smallest absolute Gasteiger partial charge is 0.289 e. The zero-order valence-electron chi connectivity index (χ0n) is 9.57. The first kappa shape index (κ1) is 12.3. The van der Waals surface area contributed by atoms with Crippen LogP contribution in [0.4, 0.5) is 5.69 Å². The quantitative estimate of drug-likeness (QED) is 0.627. The number of nitrogens with zero attached hydrogens (tertiary/aromatic N) is 3. The molecule has 2 rings (SSSR count). The summed E-state index contributed by atoms with van der Waals surface area (Å²) in [6.45, 7) is 0.624. The highest BCUT2D eigenvalue weighted by atomic mass is 16.6. The molecule has 0 unspecified atom stereocenters. The Morgan fingerprint density at radius 1 is 1.67 bits per heavy atom. The highest BCUT2D eigenvalue weighted by Crippen LogP contribution is 2.31. The average Bonchev–Trinajstić information content (AvgIpc) is 2.32. The largest absolute Gasteiger partial charge is 0.473 e. The van der Waals surface area contributed by atoms with Crippen LogP contribution in [0.3, 0.4) is 0 Å². The van der Waals surface area contributed by atoms with Gasteiger partial charge in [0.2, 0.25) is 5.88 Å². The van der Waals surface area contributed by atoms with Crippen LogP contribution in [0.5, 0.6) is 5.88 Å². The van der Waals surface area contributed by atoms with Gasteiger partial charge >= 0.3 is 0 Å². The summed E-state index contributed by atoms with van der Waals surface area (Å²) in [5.41, 5.74) is 5.37. The molecular formula is C11H12N4O3. The number of aromatic nitrogens is 1. The Morgan fingerprint density at radius 2 is 2.39 bits per heavy atom. The minimum absolute atomic E-state index is 0.000365. The van der Waals surface area contributed by atoms with Crippen molar-refractivity contribution in [1.82, 2.24) is 4.98 Å². The summed E-state index contributed by atoms with van der Waals surface area (Å²) in [6.07, 6.45) is 2.76. The van der Waals surface area contributed by atoms with E-state index in [1.54, 1.807) is 0 Å². The van der Waals surface area contributed by atoms with Gasteiger partial charge in [-0.3, -0.25) is 10.1 Å². The van der Waals surface area contributed by atoms with Crippen molar-refractivity contribution in [3.8, 4) is 11.9 Å². The first-order chi connectivity index (χ1) is 8.63. The number of ether oxygens (including phenoxy) is 1. The lowest BCUT2D eigenvalue weighted by Crippen LogP contribution is -2.38. The summed E-state index contributed by atoms with van der Waals surface area (Å²) in [5.74, 6) is 0.613. The molecule has 18 heavy (non-hydrogen) atoms. The molecule has 0 bridgehead atoms. The Balaban J connectivity index is 2.09. The molecule has 1 heterocycles. The van der Waals surface area contributed by atoms with Crippen LogP contribution in [0.25, 0.3) is 0 Å². The van der Waals surface area contributed by atoms with Crippen molar-refractivity contribution in [3.63, 3.8) is 0 Å². The van der Waals surface area contributed by atoms with Gasteiger partial charge in [0.1, 0.15) is 23.9 Å². The summed E-state index contributed by atoms with van der Waals surface area (Å²) in [7, 11) is 0. The first-order valence-corrected chi connectivity index (χ1v) is 5.55. The van der Waals surface area contributed by atoms with Gasteiger partial charge < -0.3 is 10.5 Å². The fourth-order valence-corrected chi connectivity index (χ4v) is 1.84. The van der Waals surface area contributed by atoms with Crippen molar-refractivity contribution in [1.29, 1.82) is 5.26 Å². The van der Waals surface area contributed by atoms with E-state index in [1.807, 2.05) is 6.07 Å². The van der Waals surface area contributed by atoms with Gasteiger partial charge in [0.25, 0.3) is 5.69 Å². The molecule has 94 valence electrons. The van der Waals surface area contributed by atoms with Gasteiger partial charge in [0.15, 0.2) is 0 Å². The molecule has 7 nitrogen and oxygen atoms in total. The molecule has 7 heteroatoms. The van der Waals surface area contributed by atoms with Crippen molar-refractivity contribution in [2.75, 3.05) is 6.54 Å². The predicted molar refractivity (Wildman–Crippen MR) is 61.8 cm³/mol. The van der Waals surface area contributed by atoms with E-state index in [4.69, 9.17) is 15.7 Å². The van der Waals surface area contributed by atoms with Crippen LogP contribution in [0.2, 0.25) is 0 Å². The number of pyridine rings is 1. The molecule has 0 aliphatic heterocycles. The first-order valence-electron chi connectivity index (χ1n) is 5.55. The van der Waals surface area contributed by atoms with Gasteiger partial charge in [-0.2, -0.15) is 5.26 Å². The van der Waals surface area contributed by atoms with E-state index in [0.717, 1.165) is 19.0 Å². The van der Waals surface area contributed by atoms with E-state index in [2.05, 4.69) is 4.98 Å². The second-order valence-electron chi connectivity index (χ2n) is 4.23. The lowest BCUT2D eigenvalue weighted by molar-refractivity contribution is -0.385. The fraction of sp³-hybridized carbons (Fsp3) is 0.455. The number of hydrogen-bond donors (Lipinski definition) is 1. The normalized spacial score (nSPS) is 21.8. The fourth-order valence-electron chi connectivity index (χ4n) is 1.84. The average molecular weight is 248 g/mol. The maximum Gasteiger partial charge on any atom is 0.289 e. The standard InChI is InChI=1S/C11H12N4O3/c12-4-7-1-10(2-7)18-11-8(5-13)3-9(6-14-11)15(16)17/h3,6-7,10H,1-2,4,12H2. The molecule has 0 radical (unpaired) electrons. The minimum atomic E-state index is -0.592. The number of nitro groups is 1. The lowest BCUT2D eigenvalue weighted by Gasteiger charge is -2.34. The van der Waals surface area contributed by atoms with E-state index in [0.29, 0.717) is 12.5 Å². The van der Waals surface area contributed by atoms with Gasteiger partial charge in [-0.05, 0) is 25.3 Å². The SMILES string of the molecule is N#Cc1cc([N+](=O)[O-])cnc1OC1CC(CN)C1. The summed E-state index contributed by atoms with van der Waals surface area (Å²) in [4.78, 5) is 13.8. The van der Waals surface area contributed by atoms with Gasteiger partial charge in [-0.1, -0.05) is 0 Å². The zero-order chi connectivity index (χ0) is 13.1. The number of hydrogen-bond acceptors (Lipinski definition) is 6. The van der Waals surface area contributed by atoms with Gasteiger partial charge in [0, 0.05) is 6.07 Å². The van der Waals surface area contributed by atoms with Gasteiger partial charge in [-0.25, -0.2) is 4.98 Å². The summed E-state index contributed by atoms with van der Waals surface area (Å²) >= 11 is 0. The minimum Gasteiger partial charge on any atom is -0.473 e. The summed E-state index contributed by atoms with van der Waals surface area (Å²) in [6, 6.07) is 3.02. The highest BCUT2D eigenvalue weighted by molar-refractivity contribution is 5.45. The summed E-state index contributed by atoms with van der Waals surface area (Å²) < 4.78 is 5.53. The van der Waals surface area contributed by atoms with Crippen molar-refractivity contribution in [2.45, 2.75) is 18.9 Å². The molecule has 2 N–H and O–H groups in total. The molecule has 1 aromatic heterocycles. The van der Waals surface area contributed by atoms with Crippen LogP contribution in [-0.2, 0) is 0 Å². The van der Waals surface area contributed by atoms with E-state index >= 15 is 0 Å². The van der Waals surface area contributed by atoms with Crippen LogP contribution in [0.1, 0.15) is 18.4 Å². The number of rotatable bonds is 4. The molecule has 0 saturated heterocycles. The van der Waals surface area contributed by atoms with Crippen LogP contribution in [0, 0.1) is 27.4 Å². The van der Waals surface area contributed by atoms with Crippen molar-refractivity contribution >= 4 is 5.69 Å². The molecule has 1 saturated carbocycles. The molecule has 1 fully saturated rings. The van der Waals surface area contributed by atoms with E-state index in [1.165, 1.54) is 6.07 Å².